The Morgan fingerprint density at radius 3 is 2.62 bits per heavy atom. The average molecular weight is 224 g/mol. The van der Waals surface area contributed by atoms with Crippen molar-refractivity contribution in [2.75, 3.05) is 20.6 Å². The van der Waals surface area contributed by atoms with Crippen molar-refractivity contribution in [3.05, 3.63) is 17.0 Å². The lowest BCUT2D eigenvalue weighted by molar-refractivity contribution is -0.121. The van der Waals surface area contributed by atoms with E-state index >= 15 is 0 Å². The lowest BCUT2D eigenvalue weighted by atomic mass is 10.2. The topological polar surface area (TPSA) is 61.0 Å². The van der Waals surface area contributed by atoms with Gasteiger partial charge in [-0.05, 0) is 27.9 Å². The van der Waals surface area contributed by atoms with Gasteiger partial charge in [-0.1, -0.05) is 0 Å². The van der Waals surface area contributed by atoms with Crippen LogP contribution in [-0.2, 0) is 11.3 Å². The second-order valence-corrected chi connectivity index (χ2v) is 4.24. The molecule has 0 aliphatic carbocycles. The van der Waals surface area contributed by atoms with Gasteiger partial charge in [0.15, 0.2) is 0 Å². The maximum Gasteiger partial charge on any atom is 0.221 e. The molecule has 1 amide bonds. The van der Waals surface area contributed by atoms with Crippen molar-refractivity contribution in [1.29, 1.82) is 0 Å². The molecular formula is C11H20N4O. The lowest BCUT2D eigenvalue weighted by Crippen LogP contribution is -2.27. The van der Waals surface area contributed by atoms with Crippen LogP contribution < -0.4 is 5.32 Å². The first-order valence-electron chi connectivity index (χ1n) is 5.42. The Morgan fingerprint density at radius 1 is 1.44 bits per heavy atom. The number of aromatic amines is 1. The zero-order chi connectivity index (χ0) is 12.1. The smallest absolute Gasteiger partial charge is 0.221 e. The van der Waals surface area contributed by atoms with Crippen LogP contribution in [0.2, 0.25) is 0 Å². The van der Waals surface area contributed by atoms with Gasteiger partial charge in [-0.2, -0.15) is 5.10 Å². The van der Waals surface area contributed by atoms with Crippen LogP contribution in [-0.4, -0.2) is 41.6 Å². The van der Waals surface area contributed by atoms with Gasteiger partial charge >= 0.3 is 0 Å². The Bertz CT molecular complexity index is 337. The highest BCUT2D eigenvalue weighted by Gasteiger charge is 2.08. The van der Waals surface area contributed by atoms with Crippen molar-refractivity contribution in [2.45, 2.75) is 26.8 Å². The number of aryl methyl sites for hydroxylation is 2. The Balaban J connectivity index is 2.37. The quantitative estimate of drug-likeness (QED) is 0.769. The van der Waals surface area contributed by atoms with Gasteiger partial charge in [0, 0.05) is 30.8 Å². The number of nitrogens with zero attached hydrogens (tertiary/aromatic N) is 2. The summed E-state index contributed by atoms with van der Waals surface area (Å²) in [6, 6.07) is 0. The first-order chi connectivity index (χ1) is 7.50. The third-order valence-electron chi connectivity index (χ3n) is 2.53. The number of H-pyrrole nitrogens is 1. The van der Waals surface area contributed by atoms with Crippen LogP contribution in [0.5, 0.6) is 0 Å². The van der Waals surface area contributed by atoms with Gasteiger partial charge in [0.25, 0.3) is 0 Å². The molecule has 0 saturated heterocycles. The summed E-state index contributed by atoms with van der Waals surface area (Å²) in [6.07, 6.45) is 0.531. The molecular weight excluding hydrogens is 204 g/mol. The summed E-state index contributed by atoms with van der Waals surface area (Å²) in [5.41, 5.74) is 3.05. The molecule has 0 fully saturated rings. The zero-order valence-electron chi connectivity index (χ0n) is 10.4. The standard InChI is InChI=1S/C11H20N4O/c1-8-10(9(2)14-13-8)7-12-11(16)5-6-15(3)4/h5-7H2,1-4H3,(H,12,16)(H,13,14). The van der Waals surface area contributed by atoms with Gasteiger partial charge in [0.05, 0.1) is 5.69 Å². The second-order valence-electron chi connectivity index (χ2n) is 4.24. The van der Waals surface area contributed by atoms with Crippen molar-refractivity contribution in [3.63, 3.8) is 0 Å². The van der Waals surface area contributed by atoms with Crippen molar-refractivity contribution in [3.8, 4) is 0 Å². The van der Waals surface area contributed by atoms with Gasteiger partial charge in [0.1, 0.15) is 0 Å². The fourth-order valence-electron chi connectivity index (χ4n) is 1.44. The molecule has 0 aliphatic rings. The summed E-state index contributed by atoms with van der Waals surface area (Å²) in [5, 5.41) is 9.88. The Morgan fingerprint density at radius 2 is 2.12 bits per heavy atom. The molecule has 1 rings (SSSR count). The second kappa shape index (κ2) is 5.65. The molecule has 0 radical (unpaired) electrons. The SMILES string of the molecule is Cc1n[nH]c(C)c1CNC(=O)CCN(C)C. The Hall–Kier alpha value is -1.36. The van der Waals surface area contributed by atoms with Crippen LogP contribution in [0, 0.1) is 13.8 Å². The molecule has 0 bridgehead atoms. The molecule has 5 heteroatoms. The Kier molecular flexibility index (Phi) is 4.49. The predicted molar refractivity (Wildman–Crippen MR) is 63.1 cm³/mol. The van der Waals surface area contributed by atoms with E-state index in [2.05, 4.69) is 15.5 Å². The molecule has 1 aromatic heterocycles. The monoisotopic (exact) mass is 224 g/mol. The first-order valence-corrected chi connectivity index (χ1v) is 5.42. The van der Waals surface area contributed by atoms with E-state index in [1.54, 1.807) is 0 Å². The molecule has 0 saturated carbocycles. The van der Waals surface area contributed by atoms with Crippen molar-refractivity contribution in [2.24, 2.45) is 0 Å². The van der Waals surface area contributed by atoms with Gasteiger partial charge in [-0.25, -0.2) is 0 Å². The van der Waals surface area contributed by atoms with E-state index in [0.717, 1.165) is 23.5 Å². The number of carbonyl (C=O) groups excluding carboxylic acids is 1. The summed E-state index contributed by atoms with van der Waals surface area (Å²) in [6.45, 7) is 5.22. The van der Waals surface area contributed by atoms with E-state index in [9.17, 15) is 4.79 Å². The van der Waals surface area contributed by atoms with E-state index in [1.165, 1.54) is 0 Å². The van der Waals surface area contributed by atoms with Crippen molar-refractivity contribution in [1.82, 2.24) is 20.4 Å². The van der Waals surface area contributed by atoms with Gasteiger partial charge in [0.2, 0.25) is 5.91 Å². The maximum atomic E-state index is 11.5. The molecule has 2 N–H and O–H groups in total. The van der Waals surface area contributed by atoms with Crippen LogP contribution in [0.4, 0.5) is 0 Å². The summed E-state index contributed by atoms with van der Waals surface area (Å²) in [4.78, 5) is 13.5. The van der Waals surface area contributed by atoms with E-state index in [1.807, 2.05) is 32.8 Å². The Labute approximate surface area is 96.2 Å². The summed E-state index contributed by atoms with van der Waals surface area (Å²) < 4.78 is 0. The third-order valence-corrected chi connectivity index (χ3v) is 2.53. The zero-order valence-corrected chi connectivity index (χ0v) is 10.4. The van der Waals surface area contributed by atoms with Crippen LogP contribution in [0.15, 0.2) is 0 Å². The van der Waals surface area contributed by atoms with E-state index < -0.39 is 0 Å². The number of amides is 1. The minimum atomic E-state index is 0.0775. The molecule has 1 aromatic rings. The number of rotatable bonds is 5. The average Bonchev–Trinajstić information content (AvgIpc) is 2.53. The normalized spacial score (nSPS) is 10.8. The van der Waals surface area contributed by atoms with Crippen LogP contribution >= 0.6 is 0 Å². The fourth-order valence-corrected chi connectivity index (χ4v) is 1.44. The number of hydrogen-bond donors (Lipinski definition) is 2. The molecule has 90 valence electrons. The van der Waals surface area contributed by atoms with Crippen LogP contribution in [0.3, 0.4) is 0 Å². The molecule has 0 spiro atoms. The van der Waals surface area contributed by atoms with Gasteiger partial charge in [-0.3, -0.25) is 9.89 Å². The van der Waals surface area contributed by atoms with Gasteiger partial charge < -0.3 is 10.2 Å². The largest absolute Gasteiger partial charge is 0.352 e. The van der Waals surface area contributed by atoms with Gasteiger partial charge in [-0.15, -0.1) is 0 Å². The third kappa shape index (κ3) is 3.66. The summed E-state index contributed by atoms with van der Waals surface area (Å²) in [7, 11) is 3.91. The molecule has 0 aromatic carbocycles. The van der Waals surface area contributed by atoms with E-state index in [0.29, 0.717) is 13.0 Å². The fraction of sp³-hybridized carbons (Fsp3) is 0.636. The van der Waals surface area contributed by atoms with E-state index in [4.69, 9.17) is 0 Å². The maximum absolute atomic E-state index is 11.5. The van der Waals surface area contributed by atoms with Crippen LogP contribution in [0.1, 0.15) is 23.4 Å². The predicted octanol–water partition coefficient (Wildman–Crippen LogP) is 0.594. The first kappa shape index (κ1) is 12.7. The minimum absolute atomic E-state index is 0.0775. The molecule has 5 nitrogen and oxygen atoms in total. The molecule has 0 aliphatic heterocycles. The molecule has 16 heavy (non-hydrogen) atoms. The number of hydrogen-bond acceptors (Lipinski definition) is 3. The summed E-state index contributed by atoms with van der Waals surface area (Å²) >= 11 is 0. The highest BCUT2D eigenvalue weighted by molar-refractivity contribution is 5.76. The minimum Gasteiger partial charge on any atom is -0.352 e. The number of carbonyl (C=O) groups is 1. The molecule has 1 heterocycles. The lowest BCUT2D eigenvalue weighted by Gasteiger charge is -2.09. The molecule has 0 unspecified atom stereocenters. The highest BCUT2D eigenvalue weighted by Crippen LogP contribution is 2.08. The van der Waals surface area contributed by atoms with Crippen molar-refractivity contribution >= 4 is 5.91 Å². The number of nitrogens with one attached hydrogen (secondary N) is 2. The van der Waals surface area contributed by atoms with E-state index in [-0.39, 0.29) is 5.91 Å². The van der Waals surface area contributed by atoms with Crippen molar-refractivity contribution < 1.29 is 4.79 Å². The van der Waals surface area contributed by atoms with Crippen LogP contribution in [0.25, 0.3) is 0 Å². The highest BCUT2D eigenvalue weighted by atomic mass is 16.1. The molecule has 0 atom stereocenters. The number of aromatic nitrogens is 2. The summed E-state index contributed by atoms with van der Waals surface area (Å²) in [5.74, 6) is 0.0775.